The average Bonchev–Trinajstić information content (AvgIpc) is 2.96. The molecule has 6 heteroatoms. The second-order valence-corrected chi connectivity index (χ2v) is 6.70. The molecule has 1 aromatic carbocycles. The first-order chi connectivity index (χ1) is 10.3. The summed E-state index contributed by atoms with van der Waals surface area (Å²) in [6, 6.07) is 8.05. The van der Waals surface area contributed by atoms with E-state index in [-0.39, 0.29) is 0 Å². The maximum absolute atomic E-state index is 6.27. The standard InChI is InChI=1S/C15H17Cl2N3S/c16-9-12-11-21-15(18-12)10-19-5-7-20(8-6-19)14-4-2-1-3-13(14)17/h1-4,11H,5-10H2. The van der Waals surface area contributed by atoms with Gasteiger partial charge in [-0.3, -0.25) is 4.90 Å². The van der Waals surface area contributed by atoms with E-state index in [1.165, 1.54) is 0 Å². The molecule has 0 spiro atoms. The van der Waals surface area contributed by atoms with Crippen molar-refractivity contribution in [2.45, 2.75) is 12.4 Å². The highest BCUT2D eigenvalue weighted by molar-refractivity contribution is 7.09. The summed E-state index contributed by atoms with van der Waals surface area (Å²) in [6.45, 7) is 4.97. The third-order valence-corrected chi connectivity index (χ3v) is 5.14. The molecule has 3 rings (SSSR count). The number of para-hydroxylation sites is 1. The largest absolute Gasteiger partial charge is 0.368 e. The van der Waals surface area contributed by atoms with Crippen LogP contribution >= 0.6 is 34.5 Å². The second-order valence-electron chi connectivity index (χ2n) is 5.08. The molecule has 1 aliphatic rings. The lowest BCUT2D eigenvalue weighted by Gasteiger charge is -2.36. The molecule has 0 aliphatic carbocycles. The van der Waals surface area contributed by atoms with Crippen molar-refractivity contribution in [1.82, 2.24) is 9.88 Å². The Balaban J connectivity index is 1.56. The third kappa shape index (κ3) is 3.69. The zero-order chi connectivity index (χ0) is 14.7. The molecule has 2 heterocycles. The number of thiazole rings is 1. The van der Waals surface area contributed by atoms with Crippen molar-refractivity contribution in [2.75, 3.05) is 31.1 Å². The van der Waals surface area contributed by atoms with Gasteiger partial charge in [-0.2, -0.15) is 0 Å². The van der Waals surface area contributed by atoms with E-state index in [9.17, 15) is 0 Å². The average molecular weight is 342 g/mol. The van der Waals surface area contributed by atoms with Gasteiger partial charge in [-0.05, 0) is 12.1 Å². The molecule has 0 N–H and O–H groups in total. The van der Waals surface area contributed by atoms with Crippen LogP contribution in [0.1, 0.15) is 10.7 Å². The van der Waals surface area contributed by atoms with Crippen LogP contribution in [0.4, 0.5) is 5.69 Å². The zero-order valence-corrected chi connectivity index (χ0v) is 14.0. The van der Waals surface area contributed by atoms with Crippen molar-refractivity contribution in [3.8, 4) is 0 Å². The molecule has 3 nitrogen and oxygen atoms in total. The molecule has 0 atom stereocenters. The van der Waals surface area contributed by atoms with Crippen molar-refractivity contribution in [2.24, 2.45) is 0 Å². The Morgan fingerprint density at radius 2 is 1.90 bits per heavy atom. The van der Waals surface area contributed by atoms with Gasteiger partial charge < -0.3 is 4.90 Å². The quantitative estimate of drug-likeness (QED) is 0.787. The number of rotatable bonds is 4. The number of halogens is 2. The molecule has 0 bridgehead atoms. The van der Waals surface area contributed by atoms with E-state index in [1.807, 2.05) is 23.6 Å². The number of anilines is 1. The van der Waals surface area contributed by atoms with E-state index in [0.29, 0.717) is 5.88 Å². The van der Waals surface area contributed by atoms with Gasteiger partial charge in [0.25, 0.3) is 0 Å². The van der Waals surface area contributed by atoms with Crippen LogP contribution in [-0.2, 0) is 12.4 Å². The summed E-state index contributed by atoms with van der Waals surface area (Å²) in [5.74, 6) is 0.497. The summed E-state index contributed by atoms with van der Waals surface area (Å²) < 4.78 is 0. The van der Waals surface area contributed by atoms with Gasteiger partial charge in [0.1, 0.15) is 5.01 Å². The summed E-state index contributed by atoms with van der Waals surface area (Å²) in [7, 11) is 0. The highest BCUT2D eigenvalue weighted by atomic mass is 35.5. The Hall–Kier alpha value is -0.810. The van der Waals surface area contributed by atoms with Gasteiger partial charge in [0.15, 0.2) is 0 Å². The Kier molecular flexibility index (Phi) is 5.01. The van der Waals surface area contributed by atoms with Crippen molar-refractivity contribution >= 4 is 40.2 Å². The number of benzene rings is 1. The van der Waals surface area contributed by atoms with E-state index in [1.54, 1.807) is 11.3 Å². The Bertz CT molecular complexity index is 594. The summed E-state index contributed by atoms with van der Waals surface area (Å²) in [5, 5.41) is 4.02. The third-order valence-electron chi connectivity index (χ3n) is 3.66. The van der Waals surface area contributed by atoms with Gasteiger partial charge in [0.2, 0.25) is 0 Å². The lowest BCUT2D eigenvalue weighted by atomic mass is 10.2. The fourth-order valence-corrected chi connectivity index (χ4v) is 3.85. The summed E-state index contributed by atoms with van der Waals surface area (Å²) in [4.78, 5) is 9.31. The first-order valence-corrected chi connectivity index (χ1v) is 8.76. The minimum atomic E-state index is 0.497. The normalized spacial score (nSPS) is 16.4. The van der Waals surface area contributed by atoms with E-state index >= 15 is 0 Å². The lowest BCUT2D eigenvalue weighted by Crippen LogP contribution is -2.46. The molecular weight excluding hydrogens is 325 g/mol. The van der Waals surface area contributed by atoms with Gasteiger partial charge in [-0.15, -0.1) is 22.9 Å². The predicted octanol–water partition coefficient (Wildman–Crippen LogP) is 3.86. The molecule has 1 aromatic heterocycles. The summed E-state index contributed by atoms with van der Waals surface area (Å²) in [5.41, 5.74) is 2.11. The number of piperazine rings is 1. The molecule has 21 heavy (non-hydrogen) atoms. The fraction of sp³-hybridized carbons (Fsp3) is 0.400. The molecule has 0 amide bonds. The lowest BCUT2D eigenvalue weighted by molar-refractivity contribution is 0.249. The van der Waals surface area contributed by atoms with E-state index in [2.05, 4.69) is 20.9 Å². The highest BCUT2D eigenvalue weighted by Gasteiger charge is 2.19. The van der Waals surface area contributed by atoms with Crippen LogP contribution < -0.4 is 4.90 Å². The number of hydrogen-bond donors (Lipinski definition) is 0. The number of alkyl halides is 1. The van der Waals surface area contributed by atoms with Crippen LogP contribution in [0, 0.1) is 0 Å². The van der Waals surface area contributed by atoms with E-state index < -0.39 is 0 Å². The predicted molar refractivity (Wildman–Crippen MR) is 90.6 cm³/mol. The minimum absolute atomic E-state index is 0.497. The molecule has 0 unspecified atom stereocenters. The summed E-state index contributed by atoms with van der Waals surface area (Å²) >= 11 is 13.8. The van der Waals surface area contributed by atoms with Crippen molar-refractivity contribution < 1.29 is 0 Å². The molecule has 112 valence electrons. The fourth-order valence-electron chi connectivity index (χ4n) is 2.53. The van der Waals surface area contributed by atoms with Crippen molar-refractivity contribution in [1.29, 1.82) is 0 Å². The van der Waals surface area contributed by atoms with Crippen LogP contribution in [-0.4, -0.2) is 36.1 Å². The molecule has 2 aromatic rings. The molecule has 0 radical (unpaired) electrons. The monoisotopic (exact) mass is 341 g/mol. The molecule has 0 saturated carbocycles. The van der Waals surface area contributed by atoms with E-state index in [4.69, 9.17) is 23.2 Å². The van der Waals surface area contributed by atoms with Gasteiger partial charge in [-0.1, -0.05) is 23.7 Å². The van der Waals surface area contributed by atoms with Crippen LogP contribution in [0.25, 0.3) is 0 Å². The molecule has 1 saturated heterocycles. The highest BCUT2D eigenvalue weighted by Crippen LogP contribution is 2.26. The maximum atomic E-state index is 6.27. The Morgan fingerprint density at radius 1 is 1.14 bits per heavy atom. The van der Waals surface area contributed by atoms with Crippen molar-refractivity contribution in [3.05, 3.63) is 45.4 Å². The SMILES string of the molecule is ClCc1csc(CN2CCN(c3ccccc3Cl)CC2)n1. The molecule has 1 aliphatic heterocycles. The van der Waals surface area contributed by atoms with Gasteiger partial charge in [-0.25, -0.2) is 4.98 Å². The van der Waals surface area contributed by atoms with Crippen molar-refractivity contribution in [3.63, 3.8) is 0 Å². The Morgan fingerprint density at radius 3 is 2.57 bits per heavy atom. The topological polar surface area (TPSA) is 19.4 Å². The van der Waals surface area contributed by atoms with Gasteiger partial charge >= 0.3 is 0 Å². The van der Waals surface area contributed by atoms with Crippen LogP contribution in [0.5, 0.6) is 0 Å². The molecular formula is C15H17Cl2N3S. The number of nitrogens with zero attached hydrogens (tertiary/aromatic N) is 3. The van der Waals surface area contributed by atoms with Crippen LogP contribution in [0.15, 0.2) is 29.6 Å². The smallest absolute Gasteiger partial charge is 0.107 e. The molecule has 1 fully saturated rings. The summed E-state index contributed by atoms with van der Waals surface area (Å²) in [6.07, 6.45) is 0. The number of aromatic nitrogens is 1. The first kappa shape index (κ1) is 15.1. The maximum Gasteiger partial charge on any atom is 0.107 e. The zero-order valence-electron chi connectivity index (χ0n) is 11.6. The van der Waals surface area contributed by atoms with Crippen LogP contribution in [0.2, 0.25) is 5.02 Å². The first-order valence-electron chi connectivity index (χ1n) is 6.97. The Labute approximate surface area is 139 Å². The van der Waals surface area contributed by atoms with Gasteiger partial charge in [0.05, 0.1) is 28.8 Å². The number of hydrogen-bond acceptors (Lipinski definition) is 4. The second kappa shape index (κ2) is 6.97. The minimum Gasteiger partial charge on any atom is -0.368 e. The van der Waals surface area contributed by atoms with E-state index in [0.717, 1.165) is 54.1 Å². The van der Waals surface area contributed by atoms with Crippen LogP contribution in [0.3, 0.4) is 0 Å². The van der Waals surface area contributed by atoms with Gasteiger partial charge in [0, 0.05) is 31.6 Å².